The smallest absolute Gasteiger partial charge is 0.264 e. The number of carbonyl (C=O) groups is 1. The molecule has 6 nitrogen and oxygen atoms in total. The molecule has 0 aliphatic carbocycles. The molecule has 2 aromatic rings. The first-order valence-corrected chi connectivity index (χ1v) is 8.48. The number of oxime groups is 1. The van der Waals surface area contributed by atoms with Gasteiger partial charge in [0.1, 0.15) is 0 Å². The fourth-order valence-electron chi connectivity index (χ4n) is 2.54. The summed E-state index contributed by atoms with van der Waals surface area (Å²) >= 11 is 1.65. The average Bonchev–Trinajstić information content (AvgIpc) is 3.24. The van der Waals surface area contributed by atoms with Crippen molar-refractivity contribution in [1.82, 2.24) is 15.1 Å². The molecule has 0 fully saturated rings. The molecule has 1 aliphatic heterocycles. The van der Waals surface area contributed by atoms with Crippen LogP contribution in [0.25, 0.3) is 0 Å². The van der Waals surface area contributed by atoms with Gasteiger partial charge in [-0.15, -0.1) is 11.3 Å². The van der Waals surface area contributed by atoms with Crippen molar-refractivity contribution in [2.75, 3.05) is 0 Å². The second kappa shape index (κ2) is 6.54. The van der Waals surface area contributed by atoms with Crippen molar-refractivity contribution >= 4 is 23.0 Å². The zero-order chi connectivity index (χ0) is 16.4. The number of carbonyl (C=O) groups excluding carboxylic acids is 1. The van der Waals surface area contributed by atoms with Gasteiger partial charge in [0.15, 0.2) is 0 Å². The Morgan fingerprint density at radius 3 is 2.96 bits per heavy atom. The molecule has 2 atom stereocenters. The molecule has 0 bridgehead atoms. The molecule has 1 aliphatic rings. The van der Waals surface area contributed by atoms with E-state index in [1.807, 2.05) is 30.8 Å². The highest BCUT2D eigenvalue weighted by Gasteiger charge is 2.31. The van der Waals surface area contributed by atoms with E-state index in [1.54, 1.807) is 22.2 Å². The number of nitrogens with one attached hydrogen (secondary N) is 1. The Hall–Kier alpha value is -2.15. The van der Waals surface area contributed by atoms with Crippen LogP contribution in [-0.2, 0) is 16.7 Å². The van der Waals surface area contributed by atoms with Crippen LogP contribution in [-0.4, -0.2) is 27.5 Å². The molecular formula is C16H20N4O2S. The summed E-state index contributed by atoms with van der Waals surface area (Å²) in [5, 5.41) is 13.3. The Bertz CT molecular complexity index is 705. The lowest BCUT2D eigenvalue weighted by molar-refractivity contribution is -0.132. The highest BCUT2D eigenvalue weighted by molar-refractivity contribution is 7.10. The lowest BCUT2D eigenvalue weighted by atomic mass is 10.0. The van der Waals surface area contributed by atoms with Crippen LogP contribution in [0, 0.1) is 5.92 Å². The molecule has 0 spiro atoms. The molecule has 2 unspecified atom stereocenters. The predicted octanol–water partition coefficient (Wildman–Crippen LogP) is 2.49. The molecule has 0 radical (unpaired) electrons. The summed E-state index contributed by atoms with van der Waals surface area (Å²) in [5.41, 5.74) is 1.65. The van der Waals surface area contributed by atoms with Gasteiger partial charge in [-0.25, -0.2) is 0 Å². The Labute approximate surface area is 139 Å². The van der Waals surface area contributed by atoms with Crippen LogP contribution < -0.4 is 5.32 Å². The second-order valence-electron chi connectivity index (χ2n) is 5.98. The van der Waals surface area contributed by atoms with Crippen LogP contribution in [0.15, 0.2) is 35.1 Å². The molecule has 23 heavy (non-hydrogen) atoms. The van der Waals surface area contributed by atoms with E-state index in [2.05, 4.69) is 29.4 Å². The molecular weight excluding hydrogens is 312 g/mol. The summed E-state index contributed by atoms with van der Waals surface area (Å²) in [6.07, 6.45) is 3.48. The van der Waals surface area contributed by atoms with Gasteiger partial charge in [-0.1, -0.05) is 25.1 Å². The summed E-state index contributed by atoms with van der Waals surface area (Å²) in [4.78, 5) is 19.0. The minimum absolute atomic E-state index is 0.00598. The zero-order valence-electron chi connectivity index (χ0n) is 13.4. The van der Waals surface area contributed by atoms with E-state index in [0.29, 0.717) is 12.3 Å². The number of hydrogen-bond acceptors (Lipinski definition) is 5. The van der Waals surface area contributed by atoms with Crippen molar-refractivity contribution in [3.8, 4) is 0 Å². The van der Waals surface area contributed by atoms with E-state index in [0.717, 1.165) is 16.2 Å². The van der Waals surface area contributed by atoms with Crippen LogP contribution in [0.3, 0.4) is 0 Å². The Kier molecular flexibility index (Phi) is 4.47. The number of rotatable bonds is 5. The summed E-state index contributed by atoms with van der Waals surface area (Å²) in [7, 11) is 1.85. The van der Waals surface area contributed by atoms with Crippen molar-refractivity contribution in [2.45, 2.75) is 32.4 Å². The van der Waals surface area contributed by atoms with Gasteiger partial charge < -0.3 is 10.2 Å². The lowest BCUT2D eigenvalue weighted by Crippen LogP contribution is -2.38. The number of amides is 1. The van der Waals surface area contributed by atoms with E-state index in [1.165, 1.54) is 0 Å². The van der Waals surface area contributed by atoms with Crippen molar-refractivity contribution < 1.29 is 9.63 Å². The van der Waals surface area contributed by atoms with E-state index in [4.69, 9.17) is 4.84 Å². The van der Waals surface area contributed by atoms with Gasteiger partial charge in [0.05, 0.1) is 18.0 Å². The van der Waals surface area contributed by atoms with Crippen molar-refractivity contribution in [3.63, 3.8) is 0 Å². The quantitative estimate of drug-likeness (QED) is 0.914. The van der Waals surface area contributed by atoms with Crippen molar-refractivity contribution in [1.29, 1.82) is 0 Å². The van der Waals surface area contributed by atoms with Crippen LogP contribution in [0.4, 0.5) is 0 Å². The van der Waals surface area contributed by atoms with Crippen LogP contribution in [0.1, 0.15) is 36.8 Å². The highest BCUT2D eigenvalue weighted by atomic mass is 32.1. The lowest BCUT2D eigenvalue weighted by Gasteiger charge is -2.22. The standard InChI is InChI=1S/C16H20N4O2S/c1-10(2)15(14-5-4-6-23-14)18-16(21)13-7-12(19-22-13)11-8-17-20(3)9-11/h4-6,8-10,13,15H,7H2,1-3H3,(H,18,21). The van der Waals surface area contributed by atoms with Gasteiger partial charge in [0.2, 0.25) is 6.10 Å². The minimum atomic E-state index is -0.577. The number of hydrogen-bond donors (Lipinski definition) is 1. The number of thiophene rings is 1. The minimum Gasteiger partial charge on any atom is -0.382 e. The summed E-state index contributed by atoms with van der Waals surface area (Å²) < 4.78 is 1.71. The van der Waals surface area contributed by atoms with E-state index < -0.39 is 6.10 Å². The van der Waals surface area contributed by atoms with Crippen LogP contribution in [0.5, 0.6) is 0 Å². The molecule has 1 N–H and O–H groups in total. The average molecular weight is 332 g/mol. The maximum atomic E-state index is 12.5. The number of aromatic nitrogens is 2. The molecule has 0 aromatic carbocycles. The summed E-state index contributed by atoms with van der Waals surface area (Å²) in [6, 6.07) is 4.04. The SMILES string of the molecule is CC(C)C(NC(=O)C1CC(c2cnn(C)c2)=NO1)c1cccs1. The predicted molar refractivity (Wildman–Crippen MR) is 89.3 cm³/mol. The van der Waals surface area contributed by atoms with Crippen molar-refractivity contribution in [2.24, 2.45) is 18.1 Å². The van der Waals surface area contributed by atoms with Gasteiger partial charge in [-0.05, 0) is 17.4 Å². The fourth-order valence-corrected chi connectivity index (χ4v) is 3.49. The van der Waals surface area contributed by atoms with E-state index >= 15 is 0 Å². The topological polar surface area (TPSA) is 68.5 Å². The van der Waals surface area contributed by atoms with Gasteiger partial charge in [-0.3, -0.25) is 9.48 Å². The first-order chi connectivity index (χ1) is 11.0. The highest BCUT2D eigenvalue weighted by Crippen LogP contribution is 2.26. The molecule has 2 aromatic heterocycles. The Morgan fingerprint density at radius 2 is 2.35 bits per heavy atom. The zero-order valence-corrected chi connectivity index (χ0v) is 14.2. The molecule has 3 rings (SSSR count). The third-order valence-electron chi connectivity index (χ3n) is 3.81. The van der Waals surface area contributed by atoms with E-state index in [9.17, 15) is 4.79 Å². The molecule has 0 saturated heterocycles. The van der Waals surface area contributed by atoms with Gasteiger partial charge >= 0.3 is 0 Å². The number of nitrogens with zero attached hydrogens (tertiary/aromatic N) is 3. The Morgan fingerprint density at radius 1 is 1.52 bits per heavy atom. The number of aryl methyl sites for hydroxylation is 1. The van der Waals surface area contributed by atoms with Gasteiger partial charge in [0.25, 0.3) is 5.91 Å². The van der Waals surface area contributed by atoms with Gasteiger partial charge in [0, 0.05) is 30.1 Å². The monoisotopic (exact) mass is 332 g/mol. The van der Waals surface area contributed by atoms with Crippen LogP contribution >= 0.6 is 11.3 Å². The summed E-state index contributed by atoms with van der Waals surface area (Å²) in [6.45, 7) is 4.19. The van der Waals surface area contributed by atoms with Crippen LogP contribution in [0.2, 0.25) is 0 Å². The Balaban J connectivity index is 1.63. The molecule has 3 heterocycles. The molecule has 7 heteroatoms. The van der Waals surface area contributed by atoms with Crippen molar-refractivity contribution in [3.05, 3.63) is 40.3 Å². The first-order valence-electron chi connectivity index (χ1n) is 7.60. The maximum Gasteiger partial charge on any atom is 0.264 e. The summed E-state index contributed by atoms with van der Waals surface area (Å²) in [5.74, 6) is 0.178. The first kappa shape index (κ1) is 15.7. The van der Waals surface area contributed by atoms with E-state index in [-0.39, 0.29) is 11.9 Å². The molecule has 122 valence electrons. The largest absolute Gasteiger partial charge is 0.382 e. The maximum absolute atomic E-state index is 12.5. The normalized spacial score (nSPS) is 18.6. The second-order valence-corrected chi connectivity index (χ2v) is 6.96. The molecule has 1 amide bonds. The van der Waals surface area contributed by atoms with Gasteiger partial charge in [-0.2, -0.15) is 5.10 Å². The molecule has 0 saturated carbocycles. The fraction of sp³-hybridized carbons (Fsp3) is 0.438. The third-order valence-corrected chi connectivity index (χ3v) is 4.77. The third kappa shape index (κ3) is 3.44.